The largest absolute Gasteiger partial charge is 0.508 e. The van der Waals surface area contributed by atoms with E-state index in [1.165, 1.54) is 18.2 Å². The van der Waals surface area contributed by atoms with Gasteiger partial charge in [-0.1, -0.05) is 12.0 Å². The summed E-state index contributed by atoms with van der Waals surface area (Å²) in [6.07, 6.45) is -0.638. The molecule has 59 heavy (non-hydrogen) atoms. The quantitative estimate of drug-likeness (QED) is 0.136. The van der Waals surface area contributed by atoms with Crippen molar-refractivity contribution in [1.82, 2.24) is 24.8 Å². The maximum atomic E-state index is 17.4. The molecule has 2 bridgehead atoms. The van der Waals surface area contributed by atoms with Gasteiger partial charge >= 0.3 is 24.3 Å². The van der Waals surface area contributed by atoms with Crippen LogP contribution in [-0.4, -0.2) is 106 Å². The third-order valence-corrected chi connectivity index (χ3v) is 12.3. The number of hydrogen-bond acceptors (Lipinski definition) is 9. The number of amides is 1. The van der Waals surface area contributed by atoms with Crippen molar-refractivity contribution in [1.29, 1.82) is 0 Å². The fourth-order valence-corrected chi connectivity index (χ4v) is 8.95. The summed E-state index contributed by atoms with van der Waals surface area (Å²) in [5.74, 6) is -3.12. The fourth-order valence-electron chi connectivity index (χ4n) is 8.95. The number of phenols is 1. The van der Waals surface area contributed by atoms with E-state index in [9.17, 15) is 36.2 Å². The zero-order valence-corrected chi connectivity index (χ0v) is 31.5. The third kappa shape index (κ3) is 7.40. The molecule has 2 atom stereocenters. The van der Waals surface area contributed by atoms with Gasteiger partial charge in [-0.2, -0.15) is 36.3 Å². The van der Waals surface area contributed by atoms with Crippen LogP contribution >= 0.6 is 0 Å². The van der Waals surface area contributed by atoms with Gasteiger partial charge in [0.1, 0.15) is 40.1 Å². The first kappa shape index (κ1) is 39.3. The van der Waals surface area contributed by atoms with Gasteiger partial charge in [-0.25, -0.2) is 13.8 Å². The number of ether oxygens (including phenoxy) is 2. The number of rotatable bonds is 9. The first-order valence-corrected chi connectivity index (χ1v) is 19.6. The minimum Gasteiger partial charge on any atom is -0.508 e. The molecule has 5 heterocycles. The topological polar surface area (TPSA) is 104 Å². The molecule has 18 heteroatoms. The lowest BCUT2D eigenvalue weighted by atomic mass is 9.95. The molecule has 312 valence electrons. The molecule has 2 aliphatic carbocycles. The number of phenolic OH excluding ortho intramolecular Hbond substituents is 1. The normalized spacial score (nSPS) is 22.2. The summed E-state index contributed by atoms with van der Waals surface area (Å²) >= 11 is 0. The van der Waals surface area contributed by atoms with E-state index in [0.29, 0.717) is 50.5 Å². The Kier molecular flexibility index (Phi) is 9.48. The monoisotopic (exact) mass is 830 g/mol. The number of aromatic hydroxyl groups is 1. The molecule has 10 nitrogen and oxygen atoms in total. The molecular weight excluding hydrogens is 792 g/mol. The van der Waals surface area contributed by atoms with Gasteiger partial charge in [-0.3, -0.25) is 4.79 Å². The minimum atomic E-state index is -5.08. The van der Waals surface area contributed by atoms with E-state index in [0.717, 1.165) is 11.0 Å². The number of pyridine rings is 1. The van der Waals surface area contributed by atoms with Crippen molar-refractivity contribution in [3.05, 3.63) is 41.5 Å². The summed E-state index contributed by atoms with van der Waals surface area (Å²) in [7, 11) is 0. The van der Waals surface area contributed by atoms with Gasteiger partial charge in [0, 0.05) is 36.0 Å². The Morgan fingerprint density at radius 2 is 1.63 bits per heavy atom. The van der Waals surface area contributed by atoms with Crippen LogP contribution in [0.2, 0.25) is 0 Å². The number of carbonyl (C=O) groups excluding carboxylic acids is 1. The molecule has 0 radical (unpaired) electrons. The van der Waals surface area contributed by atoms with Crippen molar-refractivity contribution in [3.63, 3.8) is 0 Å². The molecule has 1 N–H and O–H groups in total. The number of anilines is 1. The molecule has 4 aromatic rings. The molecule has 3 saturated heterocycles. The first-order valence-electron chi connectivity index (χ1n) is 19.6. The van der Waals surface area contributed by atoms with Gasteiger partial charge in [0.2, 0.25) is 5.88 Å². The molecule has 2 saturated carbocycles. The average molecular weight is 831 g/mol. The molecule has 0 spiro atoms. The van der Waals surface area contributed by atoms with Crippen molar-refractivity contribution in [2.24, 2.45) is 11.3 Å². The van der Waals surface area contributed by atoms with Gasteiger partial charge in [0.25, 0.3) is 0 Å². The predicted molar refractivity (Wildman–Crippen MR) is 198 cm³/mol. The van der Waals surface area contributed by atoms with Gasteiger partial charge in [0.15, 0.2) is 5.82 Å². The van der Waals surface area contributed by atoms with Gasteiger partial charge in [-0.15, -0.1) is 6.42 Å². The number of piperazine rings is 1. The lowest BCUT2D eigenvalue weighted by Crippen LogP contribution is -2.59. The number of terminal acetylenes is 1. The number of aromatic nitrogens is 3. The Bertz CT molecular complexity index is 2370. The van der Waals surface area contributed by atoms with Crippen LogP contribution in [0.4, 0.5) is 40.9 Å². The smallest absolute Gasteiger partial charge is 0.471 e. The number of nitrogens with zero attached hydrogens (tertiary/aromatic N) is 6. The standard InChI is InChI=1S/C41H38F8N6O4/c1-2-27-29(42)8-3-21-15-25(56)16-28(30(21)27)33-32(43)34-31(36(50-33)59-26-6-7-26)35(54-17-23-4-5-24(18-54)55(23)37(57)41(47,48)49)52-38(51-34)58-20-39(11-12-39)19-53-13-9-22(10-14-53)40(44,45)46/h1,3,8,15-16,22-24,26,56H,4-7,9-14,17-20H2. The SMILES string of the molecule is C#Cc1c(F)ccc2cc(O)cc(-c3nc(OC4CC4)c4c(N5CC6CCC(C5)N6C(=O)C(F)(F)F)nc(OCC5(CN6CCC(C(F)(F)F)CC6)CC5)nc4c3F)c12. The lowest BCUT2D eigenvalue weighted by molar-refractivity contribution is -0.188. The molecule has 3 aliphatic heterocycles. The average Bonchev–Trinajstić information content (AvgIpc) is 4.13. The molecule has 5 aliphatic rings. The lowest BCUT2D eigenvalue weighted by Gasteiger charge is -2.42. The summed E-state index contributed by atoms with van der Waals surface area (Å²) in [4.78, 5) is 30.9. The first-order chi connectivity index (χ1) is 28.0. The van der Waals surface area contributed by atoms with E-state index >= 15 is 8.78 Å². The van der Waals surface area contributed by atoms with Crippen molar-refractivity contribution < 1.29 is 54.5 Å². The van der Waals surface area contributed by atoms with E-state index in [2.05, 4.69) is 15.9 Å². The maximum absolute atomic E-state index is 17.4. The van der Waals surface area contributed by atoms with E-state index in [-0.39, 0.29) is 108 Å². The zero-order chi connectivity index (χ0) is 41.6. The van der Waals surface area contributed by atoms with E-state index < -0.39 is 53.3 Å². The number of fused-ring (bicyclic) bond motifs is 4. The summed E-state index contributed by atoms with van der Waals surface area (Å²) < 4.78 is 126. The van der Waals surface area contributed by atoms with Crippen LogP contribution in [-0.2, 0) is 4.79 Å². The summed E-state index contributed by atoms with van der Waals surface area (Å²) in [5, 5.41) is 11.1. The zero-order valence-electron chi connectivity index (χ0n) is 31.5. The van der Waals surface area contributed by atoms with E-state index in [4.69, 9.17) is 20.9 Å². The highest BCUT2D eigenvalue weighted by Gasteiger charge is 2.52. The molecule has 9 rings (SSSR count). The molecule has 1 amide bonds. The molecule has 5 fully saturated rings. The van der Waals surface area contributed by atoms with Crippen molar-refractivity contribution in [3.8, 4) is 41.2 Å². The summed E-state index contributed by atoms with van der Waals surface area (Å²) in [6, 6.07) is 3.09. The highest BCUT2D eigenvalue weighted by atomic mass is 19.4. The molecule has 2 aromatic carbocycles. The summed E-state index contributed by atoms with van der Waals surface area (Å²) in [5.41, 5.74) is -1.40. The second-order valence-electron chi connectivity index (χ2n) is 16.5. The third-order valence-electron chi connectivity index (χ3n) is 12.3. The number of benzene rings is 2. The second kappa shape index (κ2) is 14.2. The van der Waals surface area contributed by atoms with Crippen molar-refractivity contribution in [2.45, 2.75) is 81.9 Å². The Hall–Kier alpha value is -5.18. The Labute approximate surface area is 332 Å². The summed E-state index contributed by atoms with van der Waals surface area (Å²) in [6.45, 7) is 0.882. The number of hydrogen-bond donors (Lipinski definition) is 1. The fraction of sp³-hybridized carbons (Fsp3) is 0.512. The predicted octanol–water partition coefficient (Wildman–Crippen LogP) is 7.53. The number of alkyl halides is 6. The number of likely N-dealkylation sites (tertiary alicyclic amines) is 1. The highest BCUT2D eigenvalue weighted by molar-refractivity contribution is 6.04. The van der Waals surface area contributed by atoms with E-state index in [1.54, 1.807) is 4.90 Å². The maximum Gasteiger partial charge on any atom is 0.471 e. The number of carbonyl (C=O) groups is 1. The van der Waals surface area contributed by atoms with Crippen LogP contribution < -0.4 is 14.4 Å². The van der Waals surface area contributed by atoms with Crippen LogP contribution in [0.3, 0.4) is 0 Å². The van der Waals surface area contributed by atoms with Gasteiger partial charge in [-0.05, 0) is 88.0 Å². The molecular formula is C41H38F8N6O4. The Morgan fingerprint density at radius 1 is 0.932 bits per heavy atom. The minimum absolute atomic E-state index is 0.00183. The van der Waals surface area contributed by atoms with Crippen molar-refractivity contribution >= 4 is 33.4 Å². The van der Waals surface area contributed by atoms with Crippen molar-refractivity contribution in [2.75, 3.05) is 44.2 Å². The second-order valence-corrected chi connectivity index (χ2v) is 16.5. The van der Waals surface area contributed by atoms with E-state index in [1.807, 2.05) is 4.90 Å². The molecule has 2 aromatic heterocycles. The number of halogens is 8. The van der Waals surface area contributed by atoms with Crippen LogP contribution in [0.1, 0.15) is 56.9 Å². The van der Waals surface area contributed by atoms with Gasteiger partial charge < -0.3 is 29.3 Å². The highest BCUT2D eigenvalue weighted by Crippen LogP contribution is 2.49. The Balaban J connectivity index is 1.14. The number of piperidine rings is 1. The Morgan fingerprint density at radius 3 is 2.24 bits per heavy atom. The van der Waals surface area contributed by atoms with Crippen LogP contribution in [0.15, 0.2) is 24.3 Å². The van der Waals surface area contributed by atoms with Crippen LogP contribution in [0.25, 0.3) is 32.9 Å². The van der Waals surface area contributed by atoms with Crippen LogP contribution in [0, 0.1) is 35.3 Å². The van der Waals surface area contributed by atoms with Gasteiger partial charge in [0.05, 0.1) is 30.2 Å². The molecule has 2 unspecified atom stereocenters. The van der Waals surface area contributed by atoms with Crippen LogP contribution in [0.5, 0.6) is 17.6 Å².